The van der Waals surface area contributed by atoms with Gasteiger partial charge in [0, 0.05) is 0 Å². The number of nitrogens with one attached hydrogen (secondary N) is 1. The molecule has 0 fully saturated rings. The van der Waals surface area contributed by atoms with Crippen molar-refractivity contribution in [2.45, 2.75) is 5.51 Å². The van der Waals surface area contributed by atoms with Crippen LogP contribution in [0.1, 0.15) is 0 Å². The first-order valence-electron chi connectivity index (χ1n) is 1.55. The van der Waals surface area contributed by atoms with E-state index < -0.39 is 17.7 Å². The van der Waals surface area contributed by atoms with Gasteiger partial charge in [0.1, 0.15) is 0 Å². The molecule has 1 nitrogen and oxygen atoms in total. The summed E-state index contributed by atoms with van der Waals surface area (Å²) < 4.78 is 41.0. The molecule has 0 aromatic carbocycles. The van der Waals surface area contributed by atoms with Crippen LogP contribution >= 0.6 is 35.3 Å². The summed E-state index contributed by atoms with van der Waals surface area (Å²) in [6, 6.07) is 0. The van der Waals surface area contributed by atoms with Crippen molar-refractivity contribution in [2.75, 3.05) is 0 Å². The van der Waals surface area contributed by atoms with E-state index in [0.717, 1.165) is 0 Å². The Hall–Kier alpha value is 0.320. The van der Waals surface area contributed by atoms with Crippen LogP contribution in [0.15, 0.2) is 0 Å². The highest BCUT2D eigenvalue weighted by Gasteiger charge is 2.29. The molecule has 0 radical (unpaired) electrons. The van der Waals surface area contributed by atoms with Crippen molar-refractivity contribution < 1.29 is 17.1 Å². The zero-order valence-electron chi connectivity index (χ0n) is 4.18. The first-order valence-corrected chi connectivity index (χ1v) is 3.03. The van der Waals surface area contributed by atoms with Gasteiger partial charge in [0.05, 0.1) is 0 Å². The van der Waals surface area contributed by atoms with Crippen LogP contribution in [0.5, 0.6) is 0 Å². The fourth-order valence-electron chi connectivity index (χ4n) is 0. The highest BCUT2D eigenvalue weighted by Crippen LogP contribution is 2.30. The lowest BCUT2D eigenvalue weighted by Gasteiger charge is -1.91. The Bertz CT molecular complexity index is 99.9. The predicted molar refractivity (Wildman–Crippen MR) is 34.2 cm³/mol. The van der Waals surface area contributed by atoms with E-state index in [1.807, 2.05) is 0 Å². The fraction of sp³-hybridized carbons (Fsp3) is 0.500. The molecule has 0 rings (SSSR count). The molecule has 0 atom stereocenters. The maximum Gasteiger partial charge on any atom is 0.473 e. The van der Waals surface area contributed by atoms with Crippen molar-refractivity contribution in [3.63, 3.8) is 0 Å². The third-order valence-electron chi connectivity index (χ3n) is 0.0875. The zero-order valence-corrected chi connectivity index (χ0v) is 6.50. The summed E-state index contributed by atoms with van der Waals surface area (Å²) in [6.45, 7) is 0. The number of hydrogen-bond donors (Lipinski definition) is 1. The van der Waals surface area contributed by atoms with Crippen LogP contribution in [0, 0.1) is 5.41 Å². The lowest BCUT2D eigenvalue weighted by molar-refractivity contribution is -0.0356. The molecule has 0 saturated heterocycles. The lowest BCUT2D eigenvalue weighted by atomic mass is 11.6. The van der Waals surface area contributed by atoms with E-state index in [-0.39, 0.29) is 4.63 Å². The Kier molecular flexibility index (Phi) is 7.84. The van der Waals surface area contributed by atoms with Crippen molar-refractivity contribution >= 4 is 40.0 Å². The van der Waals surface area contributed by atoms with Crippen LogP contribution in [-0.2, 0) is 0 Å². The van der Waals surface area contributed by atoms with Gasteiger partial charge in [-0.1, -0.05) is 0 Å². The fourth-order valence-corrected chi connectivity index (χ4v) is 0. The Balaban J connectivity index is 0. The molecule has 0 bridgehead atoms. The van der Waals surface area contributed by atoms with E-state index in [0.29, 0.717) is 0 Å². The second-order valence-corrected chi connectivity index (χ2v) is 2.35. The summed E-state index contributed by atoms with van der Waals surface area (Å²) >= 11 is 7.63. The molecule has 0 aliphatic rings. The minimum Gasteiger partial charge on any atom is -0.279 e. The quantitative estimate of drug-likeness (QED) is 0.488. The largest absolute Gasteiger partial charge is 0.473 e. The van der Waals surface area contributed by atoms with Crippen LogP contribution in [0.2, 0.25) is 0 Å². The Morgan fingerprint density at radius 3 is 1.40 bits per heavy atom. The molecule has 1 N–H and O–H groups in total. The minimum atomic E-state index is -4.71. The lowest BCUT2D eigenvalue weighted by Crippen LogP contribution is -1.94. The molecule has 0 aromatic rings. The summed E-state index contributed by atoms with van der Waals surface area (Å²) in [7, 11) is 0. The van der Waals surface area contributed by atoms with Gasteiger partial charge < -0.3 is 0 Å². The normalized spacial score (nSPS) is 9.80. The SMILES string of the molecule is FSC(F)(F)F.N=C(Cl)Cl. The van der Waals surface area contributed by atoms with Gasteiger partial charge in [0.2, 0.25) is 0 Å². The van der Waals surface area contributed by atoms with Gasteiger partial charge >= 0.3 is 5.51 Å². The van der Waals surface area contributed by atoms with Gasteiger partial charge in [-0.25, -0.2) is 0 Å². The van der Waals surface area contributed by atoms with Gasteiger partial charge in [0.25, 0.3) is 0 Å². The number of alkyl halides is 3. The van der Waals surface area contributed by atoms with E-state index >= 15 is 0 Å². The molecule has 0 aliphatic heterocycles. The molecule has 0 aromatic heterocycles. The van der Waals surface area contributed by atoms with E-state index in [2.05, 4.69) is 23.2 Å². The van der Waals surface area contributed by atoms with Crippen molar-refractivity contribution in [1.82, 2.24) is 0 Å². The predicted octanol–water partition coefficient (Wildman–Crippen LogP) is 3.52. The topological polar surface area (TPSA) is 23.9 Å². The van der Waals surface area contributed by atoms with E-state index in [9.17, 15) is 17.1 Å². The van der Waals surface area contributed by atoms with Gasteiger partial charge in [-0.3, -0.25) is 5.41 Å². The van der Waals surface area contributed by atoms with Crippen molar-refractivity contribution in [2.24, 2.45) is 0 Å². The molecule has 0 unspecified atom stereocenters. The van der Waals surface area contributed by atoms with Gasteiger partial charge in [-0.15, -0.1) is 0 Å². The first-order chi connectivity index (χ1) is 4.29. The summed E-state index contributed by atoms with van der Waals surface area (Å²) in [4.78, 5) is 0. The zero-order chi connectivity index (χ0) is 8.78. The van der Waals surface area contributed by atoms with Crippen molar-refractivity contribution in [1.29, 1.82) is 5.41 Å². The van der Waals surface area contributed by atoms with Crippen molar-refractivity contribution in [3.05, 3.63) is 0 Å². The van der Waals surface area contributed by atoms with Gasteiger partial charge in [-0.05, 0) is 23.2 Å². The molecule has 10 heavy (non-hydrogen) atoms. The van der Waals surface area contributed by atoms with Gasteiger partial charge in [-0.2, -0.15) is 17.1 Å². The Morgan fingerprint density at radius 2 is 1.40 bits per heavy atom. The molecule has 8 heteroatoms. The maximum atomic E-state index is 10.4. The van der Waals surface area contributed by atoms with E-state index in [4.69, 9.17) is 5.41 Å². The second kappa shape index (κ2) is 6.06. The van der Waals surface area contributed by atoms with Gasteiger partial charge in [0.15, 0.2) is 16.8 Å². The monoisotopic (exact) mass is 217 g/mol. The third kappa shape index (κ3) is 40.4. The summed E-state index contributed by atoms with van der Waals surface area (Å²) in [6.07, 6.45) is 0. The molecule has 0 aliphatic carbocycles. The first kappa shape index (κ1) is 12.9. The Labute approximate surface area is 68.5 Å². The molecule has 0 saturated carbocycles. The summed E-state index contributed by atoms with van der Waals surface area (Å²) in [5.41, 5.74) is -4.71. The maximum absolute atomic E-state index is 10.4. The summed E-state index contributed by atoms with van der Waals surface area (Å²) in [5, 5.41) is 6.03. The average Bonchev–Trinajstić information content (AvgIpc) is 1.63. The van der Waals surface area contributed by atoms with E-state index in [1.165, 1.54) is 0 Å². The standard InChI is InChI=1S/CHCl2N.CF4S/c2-1(3)4;2-1(3,4)6-5/h4H;. The average molecular weight is 218 g/mol. The smallest absolute Gasteiger partial charge is 0.279 e. The number of hydrogen-bond acceptors (Lipinski definition) is 2. The summed E-state index contributed by atoms with van der Waals surface area (Å²) in [5.74, 6) is 0. The van der Waals surface area contributed by atoms with Crippen LogP contribution < -0.4 is 0 Å². The van der Waals surface area contributed by atoms with Crippen molar-refractivity contribution in [3.8, 4) is 0 Å². The Morgan fingerprint density at radius 1 is 1.30 bits per heavy atom. The highest BCUT2D eigenvalue weighted by atomic mass is 35.5. The van der Waals surface area contributed by atoms with Crippen LogP contribution in [0.25, 0.3) is 0 Å². The molecule has 0 spiro atoms. The minimum absolute atomic E-state index is 0.389. The second-order valence-electron chi connectivity index (χ2n) is 0.783. The third-order valence-corrected chi connectivity index (χ3v) is 0.262. The number of halogens is 6. The molecule has 0 amide bonds. The van der Waals surface area contributed by atoms with Crippen LogP contribution in [0.4, 0.5) is 17.1 Å². The number of rotatable bonds is 0. The molecular formula is C2HCl2F4NS. The molecular weight excluding hydrogens is 217 g/mol. The molecule has 62 valence electrons. The van der Waals surface area contributed by atoms with E-state index in [1.54, 1.807) is 0 Å². The molecule has 0 heterocycles. The van der Waals surface area contributed by atoms with Crippen LogP contribution in [-0.4, -0.2) is 10.1 Å². The van der Waals surface area contributed by atoms with Crippen LogP contribution in [0.3, 0.4) is 0 Å². The highest BCUT2D eigenvalue weighted by molar-refractivity contribution is 7.95.